The number of nitrogens with one attached hydrogen (secondary N) is 1. The number of amides is 1. The van der Waals surface area contributed by atoms with Crippen molar-refractivity contribution >= 4 is 11.9 Å². The third-order valence-corrected chi connectivity index (χ3v) is 3.43. The van der Waals surface area contributed by atoms with Gasteiger partial charge < -0.3 is 10.4 Å². The van der Waals surface area contributed by atoms with Crippen molar-refractivity contribution in [3.05, 3.63) is 0 Å². The number of halogens is 3. The molecular formula is C10H13F3N2O3. The summed E-state index contributed by atoms with van der Waals surface area (Å²) in [6.45, 7) is 0.440. The van der Waals surface area contributed by atoms with Gasteiger partial charge in [-0.15, -0.1) is 0 Å². The summed E-state index contributed by atoms with van der Waals surface area (Å²) in [6, 6.07) is -2.34. The molecule has 2 unspecified atom stereocenters. The van der Waals surface area contributed by atoms with Gasteiger partial charge in [0, 0.05) is 25.6 Å². The van der Waals surface area contributed by atoms with Crippen LogP contribution in [0.2, 0.25) is 0 Å². The number of carbonyl (C=O) groups is 2. The Balaban J connectivity index is 1.94. The second-order valence-electron chi connectivity index (χ2n) is 4.74. The Hall–Kier alpha value is -1.31. The molecule has 2 atom stereocenters. The SMILES string of the molecule is O=C1CC(N2CC(C(=O)O)C2)CC(C(F)(F)F)N1. The first-order valence-electron chi connectivity index (χ1n) is 5.60. The highest BCUT2D eigenvalue weighted by Crippen LogP contribution is 2.31. The third kappa shape index (κ3) is 2.58. The summed E-state index contributed by atoms with van der Waals surface area (Å²) >= 11 is 0. The lowest BCUT2D eigenvalue weighted by Crippen LogP contribution is -2.61. The molecule has 0 aliphatic carbocycles. The zero-order chi connectivity index (χ0) is 13.5. The average Bonchev–Trinajstić information content (AvgIpc) is 2.11. The Kier molecular flexibility index (Phi) is 3.22. The molecule has 0 saturated carbocycles. The van der Waals surface area contributed by atoms with Crippen molar-refractivity contribution in [3.8, 4) is 0 Å². The number of likely N-dealkylation sites (tertiary alicyclic amines) is 1. The van der Waals surface area contributed by atoms with Gasteiger partial charge in [0.15, 0.2) is 0 Å². The van der Waals surface area contributed by atoms with Crippen molar-refractivity contribution in [1.29, 1.82) is 0 Å². The van der Waals surface area contributed by atoms with Gasteiger partial charge in [0.1, 0.15) is 6.04 Å². The van der Waals surface area contributed by atoms with Crippen LogP contribution in [0.15, 0.2) is 0 Å². The van der Waals surface area contributed by atoms with Gasteiger partial charge in [-0.2, -0.15) is 13.2 Å². The Morgan fingerprint density at radius 2 is 2.00 bits per heavy atom. The van der Waals surface area contributed by atoms with Crippen LogP contribution in [0, 0.1) is 5.92 Å². The molecule has 2 aliphatic heterocycles. The first-order chi connectivity index (χ1) is 8.27. The Morgan fingerprint density at radius 3 is 2.50 bits per heavy atom. The van der Waals surface area contributed by atoms with Gasteiger partial charge >= 0.3 is 12.1 Å². The van der Waals surface area contributed by atoms with E-state index in [0.29, 0.717) is 0 Å². The van der Waals surface area contributed by atoms with Gasteiger partial charge in [0.05, 0.1) is 5.92 Å². The van der Waals surface area contributed by atoms with E-state index in [2.05, 4.69) is 0 Å². The van der Waals surface area contributed by atoms with Gasteiger partial charge in [-0.1, -0.05) is 0 Å². The van der Waals surface area contributed by atoms with E-state index >= 15 is 0 Å². The maximum absolute atomic E-state index is 12.6. The lowest BCUT2D eigenvalue weighted by atomic mass is 9.90. The molecule has 1 amide bonds. The van der Waals surface area contributed by atoms with Gasteiger partial charge in [-0.25, -0.2) is 0 Å². The normalized spacial score (nSPS) is 30.7. The smallest absolute Gasteiger partial charge is 0.408 e. The van der Waals surface area contributed by atoms with E-state index in [9.17, 15) is 22.8 Å². The number of hydrogen-bond acceptors (Lipinski definition) is 3. The van der Waals surface area contributed by atoms with Gasteiger partial charge in [0.2, 0.25) is 5.91 Å². The van der Waals surface area contributed by atoms with E-state index in [1.165, 1.54) is 0 Å². The van der Waals surface area contributed by atoms with Crippen LogP contribution in [0.1, 0.15) is 12.8 Å². The van der Waals surface area contributed by atoms with E-state index in [-0.39, 0.29) is 25.9 Å². The van der Waals surface area contributed by atoms with E-state index in [1.807, 2.05) is 5.32 Å². The van der Waals surface area contributed by atoms with Gasteiger partial charge in [-0.05, 0) is 6.42 Å². The van der Waals surface area contributed by atoms with Crippen LogP contribution in [0.3, 0.4) is 0 Å². The molecule has 102 valence electrons. The third-order valence-electron chi connectivity index (χ3n) is 3.43. The highest BCUT2D eigenvalue weighted by Gasteiger charge is 2.47. The Morgan fingerprint density at radius 1 is 1.39 bits per heavy atom. The molecule has 0 bridgehead atoms. The van der Waals surface area contributed by atoms with Crippen LogP contribution >= 0.6 is 0 Å². The second-order valence-corrected chi connectivity index (χ2v) is 4.74. The molecule has 2 fully saturated rings. The monoisotopic (exact) mass is 266 g/mol. The molecule has 2 rings (SSSR count). The molecule has 0 aromatic carbocycles. The van der Waals surface area contributed by atoms with Crippen LogP contribution < -0.4 is 5.32 Å². The molecular weight excluding hydrogens is 253 g/mol. The van der Waals surface area contributed by atoms with Crippen molar-refractivity contribution in [2.24, 2.45) is 5.92 Å². The van der Waals surface area contributed by atoms with Crippen LogP contribution in [0.25, 0.3) is 0 Å². The number of nitrogens with zero attached hydrogens (tertiary/aromatic N) is 1. The number of aliphatic carboxylic acids is 1. The zero-order valence-electron chi connectivity index (χ0n) is 9.41. The van der Waals surface area contributed by atoms with E-state index in [4.69, 9.17) is 5.11 Å². The summed E-state index contributed by atoms with van der Waals surface area (Å²) in [6.07, 6.45) is -4.66. The summed E-state index contributed by atoms with van der Waals surface area (Å²) in [7, 11) is 0. The minimum atomic E-state index is -4.45. The first-order valence-corrected chi connectivity index (χ1v) is 5.60. The quantitative estimate of drug-likeness (QED) is 0.749. The molecule has 2 aliphatic rings. The fourth-order valence-corrected chi connectivity index (χ4v) is 2.34. The van der Waals surface area contributed by atoms with Crippen molar-refractivity contribution in [1.82, 2.24) is 10.2 Å². The average molecular weight is 266 g/mol. The lowest BCUT2D eigenvalue weighted by molar-refractivity contribution is -0.175. The van der Waals surface area contributed by atoms with Crippen LogP contribution in [-0.2, 0) is 9.59 Å². The molecule has 0 spiro atoms. The summed E-state index contributed by atoms with van der Waals surface area (Å²) in [5.41, 5.74) is 0. The zero-order valence-corrected chi connectivity index (χ0v) is 9.41. The Labute approximate surface area is 101 Å². The van der Waals surface area contributed by atoms with Crippen molar-refractivity contribution < 1.29 is 27.9 Å². The van der Waals surface area contributed by atoms with Crippen molar-refractivity contribution in [2.75, 3.05) is 13.1 Å². The minimum Gasteiger partial charge on any atom is -0.481 e. The molecule has 8 heteroatoms. The number of carboxylic acid groups (broad SMARTS) is 1. The van der Waals surface area contributed by atoms with Crippen molar-refractivity contribution in [2.45, 2.75) is 31.1 Å². The molecule has 0 aromatic rings. The fourth-order valence-electron chi connectivity index (χ4n) is 2.34. The number of carboxylic acids is 1. The summed E-state index contributed by atoms with van der Waals surface area (Å²) in [5.74, 6) is -2.11. The standard InChI is InChI=1S/C10H13F3N2O3/c11-10(12,13)7-1-6(2-8(16)14-7)15-3-5(4-15)9(17)18/h5-7H,1-4H2,(H,14,16)(H,17,18). The predicted molar refractivity (Wildman–Crippen MR) is 53.7 cm³/mol. The molecule has 2 saturated heterocycles. The summed E-state index contributed by atoms with van der Waals surface area (Å²) < 4.78 is 37.7. The number of rotatable bonds is 2. The molecule has 0 radical (unpaired) electrons. The highest BCUT2D eigenvalue weighted by atomic mass is 19.4. The van der Waals surface area contributed by atoms with E-state index < -0.39 is 36.1 Å². The highest BCUT2D eigenvalue weighted by molar-refractivity contribution is 5.78. The van der Waals surface area contributed by atoms with Crippen LogP contribution in [-0.4, -0.2) is 53.2 Å². The lowest BCUT2D eigenvalue weighted by Gasteiger charge is -2.45. The fraction of sp³-hybridized carbons (Fsp3) is 0.800. The predicted octanol–water partition coefficient (Wildman–Crippen LogP) is 0.212. The van der Waals surface area contributed by atoms with Gasteiger partial charge in [0.25, 0.3) is 0 Å². The summed E-state index contributed by atoms with van der Waals surface area (Å²) in [4.78, 5) is 23.5. The molecule has 5 nitrogen and oxygen atoms in total. The number of carbonyl (C=O) groups excluding carboxylic acids is 1. The minimum absolute atomic E-state index is 0.00107. The maximum Gasteiger partial charge on any atom is 0.408 e. The Bertz CT molecular complexity index is 366. The maximum atomic E-state index is 12.6. The van der Waals surface area contributed by atoms with E-state index in [1.54, 1.807) is 4.90 Å². The van der Waals surface area contributed by atoms with Crippen molar-refractivity contribution in [3.63, 3.8) is 0 Å². The molecule has 0 aromatic heterocycles. The second kappa shape index (κ2) is 4.42. The topological polar surface area (TPSA) is 69.6 Å². The number of hydrogen-bond donors (Lipinski definition) is 2. The largest absolute Gasteiger partial charge is 0.481 e. The molecule has 2 N–H and O–H groups in total. The van der Waals surface area contributed by atoms with Crippen LogP contribution in [0.5, 0.6) is 0 Å². The number of alkyl halides is 3. The molecule has 2 heterocycles. The van der Waals surface area contributed by atoms with Gasteiger partial charge in [-0.3, -0.25) is 14.5 Å². The number of piperidine rings is 1. The van der Waals surface area contributed by atoms with Crippen LogP contribution in [0.4, 0.5) is 13.2 Å². The summed E-state index contributed by atoms with van der Waals surface area (Å²) in [5, 5.41) is 10.6. The van der Waals surface area contributed by atoms with E-state index in [0.717, 1.165) is 0 Å². The first kappa shape index (κ1) is 13.1. The molecule has 18 heavy (non-hydrogen) atoms.